The molecule has 2 aromatic heterocycles. The highest BCUT2D eigenvalue weighted by Crippen LogP contribution is 2.36. The van der Waals surface area contributed by atoms with Gasteiger partial charge in [-0.05, 0) is 47.0 Å². The lowest BCUT2D eigenvalue weighted by molar-refractivity contribution is 0.00340. The Morgan fingerprint density at radius 3 is 2.38 bits per heavy atom. The second kappa shape index (κ2) is 12.3. The van der Waals surface area contributed by atoms with Crippen molar-refractivity contribution in [1.29, 1.82) is 0 Å². The van der Waals surface area contributed by atoms with Crippen LogP contribution < -0.4 is 4.74 Å². The molecule has 0 aliphatic carbocycles. The number of rotatable bonds is 10. The van der Waals surface area contributed by atoms with Crippen molar-refractivity contribution in [3.8, 4) is 34.0 Å². The molecule has 0 saturated carbocycles. The minimum Gasteiger partial charge on any atom is -0.456 e. The molecule has 12 heteroatoms. The summed E-state index contributed by atoms with van der Waals surface area (Å²) in [7, 11) is -1.26. The van der Waals surface area contributed by atoms with Crippen molar-refractivity contribution in [2.75, 3.05) is 19.8 Å². The van der Waals surface area contributed by atoms with Crippen LogP contribution in [-0.4, -0.2) is 81.7 Å². The Morgan fingerprint density at radius 2 is 1.67 bits per heavy atom. The third kappa shape index (κ3) is 6.29. The van der Waals surface area contributed by atoms with E-state index in [2.05, 4.69) is 66.1 Å². The van der Waals surface area contributed by atoms with Crippen molar-refractivity contribution < 1.29 is 24.1 Å². The molecule has 0 radical (unpaired) electrons. The molecular weight excluding hydrogens is 610 g/mol. The second-order valence-electron chi connectivity index (χ2n) is 12.8. The maximum Gasteiger partial charge on any atom is 0.299 e. The van der Waals surface area contributed by atoms with Crippen molar-refractivity contribution in [3.63, 3.8) is 0 Å². The van der Waals surface area contributed by atoms with Crippen LogP contribution in [-0.2, 0) is 20.9 Å². The van der Waals surface area contributed by atoms with E-state index in [-0.39, 0.29) is 19.4 Å². The fourth-order valence-corrected chi connectivity index (χ4v) is 6.79. The van der Waals surface area contributed by atoms with Crippen LogP contribution in [0.2, 0.25) is 30.7 Å². The summed E-state index contributed by atoms with van der Waals surface area (Å²) in [5.74, 6) is 0. The Morgan fingerprint density at radius 1 is 0.956 bits per heavy atom. The zero-order valence-corrected chi connectivity index (χ0v) is 27.2. The molecule has 2 aliphatic rings. The van der Waals surface area contributed by atoms with Crippen molar-refractivity contribution >= 4 is 30.7 Å². The summed E-state index contributed by atoms with van der Waals surface area (Å²) in [5.41, 5.74) is 6.55. The van der Waals surface area contributed by atoms with Crippen LogP contribution in [0.3, 0.4) is 0 Å². The fraction of sp³-hybridized carbons (Fsp3) is 0.364. The smallest absolute Gasteiger partial charge is 0.299 e. The number of halogens is 1. The molecule has 10 nitrogen and oxygen atoms in total. The van der Waals surface area contributed by atoms with Crippen LogP contribution >= 0.6 is 11.6 Å². The minimum atomic E-state index is -1.26. The summed E-state index contributed by atoms with van der Waals surface area (Å²) in [6, 6.07) is 21.9. The minimum absolute atomic E-state index is 0.234. The van der Waals surface area contributed by atoms with Crippen molar-refractivity contribution in [2.24, 2.45) is 0 Å². The van der Waals surface area contributed by atoms with Gasteiger partial charge in [-0.3, -0.25) is 4.57 Å². The van der Waals surface area contributed by atoms with Crippen molar-refractivity contribution in [2.45, 2.75) is 56.8 Å². The van der Waals surface area contributed by atoms with Gasteiger partial charge in [-0.2, -0.15) is 10.1 Å². The fourth-order valence-electron chi connectivity index (χ4n) is 5.76. The van der Waals surface area contributed by atoms with Gasteiger partial charge in [0, 0.05) is 20.2 Å². The van der Waals surface area contributed by atoms with Crippen LogP contribution in [0.1, 0.15) is 0 Å². The summed E-state index contributed by atoms with van der Waals surface area (Å²) in [6.07, 6.45) is 1.41. The molecule has 0 unspecified atom stereocenters. The molecule has 5 aromatic rings. The molecule has 0 bridgehead atoms. The average molecular weight is 646 g/mol. The van der Waals surface area contributed by atoms with Gasteiger partial charge in [0.2, 0.25) is 0 Å². The zero-order valence-electron chi connectivity index (χ0n) is 25.5. The molecule has 234 valence electrons. The van der Waals surface area contributed by atoms with Gasteiger partial charge in [0.15, 0.2) is 6.10 Å². The highest BCUT2D eigenvalue weighted by molar-refractivity contribution is 6.76. The number of hydrogen-bond acceptors (Lipinski definition) is 8. The van der Waals surface area contributed by atoms with Gasteiger partial charge in [0.05, 0.1) is 35.0 Å². The second-order valence-corrected chi connectivity index (χ2v) is 18.8. The van der Waals surface area contributed by atoms with Gasteiger partial charge >= 0.3 is 0 Å². The molecule has 1 N–H and O–H groups in total. The van der Waals surface area contributed by atoms with E-state index in [1.54, 1.807) is 11.0 Å². The van der Waals surface area contributed by atoms with E-state index in [1.165, 1.54) is 6.33 Å². The Labute approximate surface area is 267 Å². The monoisotopic (exact) mass is 645 g/mol. The molecule has 4 heterocycles. The number of hydrogen-bond donors (Lipinski definition) is 1. The van der Waals surface area contributed by atoms with E-state index in [1.807, 2.05) is 28.8 Å². The standard InChI is InChI=1S/C33H36ClN5O5Si/c1-45(2,3)13-12-41-20-38-28-15-26(34)25(14-27(28)37-33(38)44-30-17-43-31-29(40)16-42-32(30)31)23-6-4-21(5-7-23)22-8-10-24(11-9-22)39-19-35-18-36-39/h4-11,14-15,18-19,29-32,40H,12-13,16-17,20H2,1-3H3/t29-,30-,31-,32-/m1/s1. The molecule has 45 heavy (non-hydrogen) atoms. The van der Waals surface area contributed by atoms with Crippen LogP contribution in [0.25, 0.3) is 39.0 Å². The van der Waals surface area contributed by atoms with E-state index in [0.717, 1.165) is 45.0 Å². The van der Waals surface area contributed by atoms with Gasteiger partial charge in [-0.15, -0.1) is 0 Å². The molecule has 0 spiro atoms. The topological polar surface area (TPSA) is 106 Å². The predicted octanol–water partition coefficient (Wildman–Crippen LogP) is 5.82. The van der Waals surface area contributed by atoms with Gasteiger partial charge in [-0.1, -0.05) is 67.6 Å². The average Bonchev–Trinajstić information content (AvgIpc) is 3.83. The Kier molecular flexibility index (Phi) is 8.23. The van der Waals surface area contributed by atoms with Crippen LogP contribution in [0.15, 0.2) is 73.3 Å². The van der Waals surface area contributed by atoms with Gasteiger partial charge < -0.3 is 24.1 Å². The Balaban J connectivity index is 1.15. The third-order valence-electron chi connectivity index (χ3n) is 8.34. The first-order valence-electron chi connectivity index (χ1n) is 15.1. The SMILES string of the molecule is C[Si](C)(C)CCOCn1c(O[C@@H]2CO[C@H]3[C@@H]2OC[C@H]3O)nc2cc(-c3ccc(-c4ccc(-n5cncn5)cc4)cc3)c(Cl)cc21. The lowest BCUT2D eigenvalue weighted by Gasteiger charge is -2.19. The van der Waals surface area contributed by atoms with E-state index in [0.29, 0.717) is 24.2 Å². The van der Waals surface area contributed by atoms with Crippen LogP contribution in [0.4, 0.5) is 0 Å². The largest absolute Gasteiger partial charge is 0.456 e. The summed E-state index contributed by atoms with van der Waals surface area (Å²) in [5, 5.41) is 15.0. The number of nitrogens with zero attached hydrogens (tertiary/aromatic N) is 5. The Hall–Kier alpha value is -3.58. The summed E-state index contributed by atoms with van der Waals surface area (Å²) < 4.78 is 27.8. The first-order chi connectivity index (χ1) is 21.7. The number of imidazole rings is 1. The van der Waals surface area contributed by atoms with Crippen molar-refractivity contribution in [3.05, 3.63) is 78.3 Å². The molecule has 2 aliphatic heterocycles. The lowest BCUT2D eigenvalue weighted by Crippen LogP contribution is -2.35. The van der Waals surface area contributed by atoms with Gasteiger partial charge in [-0.25, -0.2) is 9.67 Å². The van der Waals surface area contributed by atoms with Crippen LogP contribution in [0.5, 0.6) is 6.01 Å². The summed E-state index contributed by atoms with van der Waals surface area (Å²) in [6.45, 7) is 8.46. The molecule has 0 amide bonds. The predicted molar refractivity (Wildman–Crippen MR) is 175 cm³/mol. The Bertz CT molecular complexity index is 1770. The maximum atomic E-state index is 10.2. The van der Waals surface area contributed by atoms with E-state index >= 15 is 0 Å². The van der Waals surface area contributed by atoms with Crippen molar-refractivity contribution in [1.82, 2.24) is 24.3 Å². The van der Waals surface area contributed by atoms with E-state index in [4.69, 9.17) is 35.5 Å². The van der Waals surface area contributed by atoms with E-state index < -0.39 is 26.4 Å². The number of ether oxygens (including phenoxy) is 4. The number of fused-ring (bicyclic) bond motifs is 2. The van der Waals surface area contributed by atoms with Crippen LogP contribution in [0, 0.1) is 0 Å². The first kappa shape index (κ1) is 30.1. The summed E-state index contributed by atoms with van der Waals surface area (Å²) >= 11 is 6.92. The zero-order chi connectivity index (χ0) is 31.1. The lowest BCUT2D eigenvalue weighted by atomic mass is 10.00. The molecule has 2 fully saturated rings. The highest BCUT2D eigenvalue weighted by atomic mass is 35.5. The quantitative estimate of drug-likeness (QED) is 0.150. The maximum absolute atomic E-state index is 10.2. The number of benzene rings is 3. The van der Waals surface area contributed by atoms with E-state index in [9.17, 15) is 5.11 Å². The first-order valence-corrected chi connectivity index (χ1v) is 19.2. The molecule has 3 aromatic carbocycles. The molecule has 7 rings (SSSR count). The molecule has 4 atom stereocenters. The van der Waals surface area contributed by atoms with Gasteiger partial charge in [0.25, 0.3) is 6.01 Å². The summed E-state index contributed by atoms with van der Waals surface area (Å²) in [4.78, 5) is 8.90. The number of aliphatic hydroxyl groups excluding tert-OH is 1. The molecule has 2 saturated heterocycles. The third-order valence-corrected chi connectivity index (χ3v) is 10.4. The molecular formula is C33H36ClN5O5Si. The number of aliphatic hydroxyl groups is 1. The van der Waals surface area contributed by atoms with Gasteiger partial charge in [0.1, 0.15) is 37.7 Å². The normalized spacial score (nSPS) is 21.4. The number of aromatic nitrogens is 5. The highest BCUT2D eigenvalue weighted by Gasteiger charge is 2.48.